The third-order valence-corrected chi connectivity index (χ3v) is 6.23. The summed E-state index contributed by atoms with van der Waals surface area (Å²) < 4.78 is 12.5. The molecule has 0 bridgehead atoms. The minimum atomic E-state index is -0.965. The highest BCUT2D eigenvalue weighted by Gasteiger charge is 2.18. The molecule has 0 saturated heterocycles. The molecule has 5 heteroatoms. The maximum absolute atomic E-state index is 4.99. The molecule has 0 radical (unpaired) electrons. The fourth-order valence-corrected chi connectivity index (χ4v) is 2.24. The van der Waals surface area contributed by atoms with Crippen molar-refractivity contribution < 1.29 is 8.85 Å². The van der Waals surface area contributed by atoms with Gasteiger partial charge in [0, 0.05) is 13.2 Å². The van der Waals surface area contributed by atoms with Gasteiger partial charge in [0.05, 0.1) is 0 Å². The first-order chi connectivity index (χ1) is 7.90. The van der Waals surface area contributed by atoms with E-state index in [4.69, 9.17) is 8.85 Å². The van der Waals surface area contributed by atoms with Gasteiger partial charge < -0.3 is 13.4 Å². The molecule has 17 heavy (non-hydrogen) atoms. The SMILES string of the molecule is CCCCN(C)[Si](C)(C)C.CCO[SiH2]OCC. The molecule has 0 N–H and O–H groups in total. The summed E-state index contributed by atoms with van der Waals surface area (Å²) in [5, 5.41) is 0. The fraction of sp³-hybridized carbons (Fsp3) is 1.00. The van der Waals surface area contributed by atoms with Crippen molar-refractivity contribution in [2.45, 2.75) is 53.3 Å². The molecule has 0 aliphatic heterocycles. The number of hydrogen-bond donors (Lipinski definition) is 0. The Labute approximate surface area is 112 Å². The molecule has 106 valence electrons. The Balaban J connectivity index is 0. The van der Waals surface area contributed by atoms with Gasteiger partial charge in [0.25, 0.3) is 0 Å². The van der Waals surface area contributed by atoms with Crippen molar-refractivity contribution in [1.29, 1.82) is 0 Å². The summed E-state index contributed by atoms with van der Waals surface area (Å²) in [6.45, 7) is 16.3. The van der Waals surface area contributed by atoms with Crippen LogP contribution in [0.2, 0.25) is 19.6 Å². The second kappa shape index (κ2) is 12.8. The van der Waals surface area contributed by atoms with Crippen LogP contribution in [0.25, 0.3) is 0 Å². The summed E-state index contributed by atoms with van der Waals surface area (Å²) in [6.07, 6.45) is 2.66. The molecule has 0 rings (SSSR count). The maximum Gasteiger partial charge on any atom is 0.304 e. The second-order valence-corrected chi connectivity index (χ2v) is 11.2. The predicted octanol–water partition coefficient (Wildman–Crippen LogP) is 2.61. The Bertz CT molecular complexity index is 148. The van der Waals surface area contributed by atoms with Gasteiger partial charge in [-0.3, -0.25) is 0 Å². The van der Waals surface area contributed by atoms with Gasteiger partial charge in [-0.15, -0.1) is 0 Å². The molecule has 0 unspecified atom stereocenters. The summed E-state index contributed by atoms with van der Waals surface area (Å²) in [4.78, 5) is 0. The third kappa shape index (κ3) is 16.3. The van der Waals surface area contributed by atoms with Gasteiger partial charge in [-0.05, 0) is 33.9 Å². The lowest BCUT2D eigenvalue weighted by molar-refractivity contribution is 0.240. The number of rotatable bonds is 8. The lowest BCUT2D eigenvalue weighted by Gasteiger charge is -2.29. The van der Waals surface area contributed by atoms with Crippen LogP contribution in [0.3, 0.4) is 0 Å². The van der Waals surface area contributed by atoms with Crippen molar-refractivity contribution in [2.75, 3.05) is 26.8 Å². The van der Waals surface area contributed by atoms with E-state index >= 15 is 0 Å². The summed E-state index contributed by atoms with van der Waals surface area (Å²) >= 11 is 0. The van der Waals surface area contributed by atoms with Gasteiger partial charge in [0.2, 0.25) is 0 Å². The minimum absolute atomic E-state index is 0.589. The van der Waals surface area contributed by atoms with Gasteiger partial charge >= 0.3 is 10.0 Å². The smallest absolute Gasteiger partial charge is 0.304 e. The van der Waals surface area contributed by atoms with E-state index < -0.39 is 18.2 Å². The average Bonchev–Trinajstić information content (AvgIpc) is 2.26. The summed E-state index contributed by atoms with van der Waals surface area (Å²) in [5.74, 6) is 0. The van der Waals surface area contributed by atoms with Crippen molar-refractivity contribution in [3.8, 4) is 0 Å². The highest BCUT2D eigenvalue weighted by molar-refractivity contribution is 6.73. The van der Waals surface area contributed by atoms with E-state index in [0.717, 1.165) is 13.2 Å². The summed E-state index contributed by atoms with van der Waals surface area (Å²) in [6, 6.07) is 0. The van der Waals surface area contributed by atoms with Crippen molar-refractivity contribution in [1.82, 2.24) is 4.57 Å². The zero-order valence-corrected chi connectivity index (χ0v) is 15.4. The Hall–Kier alpha value is 0.314. The monoisotopic (exact) mass is 279 g/mol. The topological polar surface area (TPSA) is 21.7 Å². The first-order valence-electron chi connectivity index (χ1n) is 6.76. The molecule has 0 aliphatic rings. The molecular weight excluding hydrogens is 246 g/mol. The third-order valence-electron chi connectivity index (χ3n) is 2.57. The molecule has 0 atom stereocenters. The number of unbranched alkanes of at least 4 members (excludes halogenated alkanes) is 1. The number of nitrogens with zero attached hydrogens (tertiary/aromatic N) is 1. The lowest BCUT2D eigenvalue weighted by atomic mass is 10.3. The van der Waals surface area contributed by atoms with Crippen LogP contribution in [-0.2, 0) is 8.85 Å². The molecule has 0 aromatic rings. The minimum Gasteiger partial charge on any atom is -0.399 e. The fourth-order valence-electron chi connectivity index (χ4n) is 0.956. The van der Waals surface area contributed by atoms with Crippen LogP contribution in [-0.4, -0.2) is 49.6 Å². The number of hydrogen-bond acceptors (Lipinski definition) is 3. The van der Waals surface area contributed by atoms with Crippen molar-refractivity contribution >= 4 is 18.2 Å². The first-order valence-corrected chi connectivity index (χ1v) is 11.4. The molecule has 0 amide bonds. The van der Waals surface area contributed by atoms with Crippen molar-refractivity contribution in [2.24, 2.45) is 0 Å². The zero-order chi connectivity index (χ0) is 13.7. The second-order valence-electron chi connectivity index (χ2n) is 5.05. The van der Waals surface area contributed by atoms with Crippen molar-refractivity contribution in [3.63, 3.8) is 0 Å². The van der Waals surface area contributed by atoms with E-state index in [1.54, 1.807) is 0 Å². The van der Waals surface area contributed by atoms with Crippen molar-refractivity contribution in [3.05, 3.63) is 0 Å². The van der Waals surface area contributed by atoms with E-state index in [0.29, 0.717) is 0 Å². The van der Waals surface area contributed by atoms with E-state index in [2.05, 4.69) is 38.2 Å². The Kier molecular flexibility index (Phi) is 14.8. The first kappa shape index (κ1) is 19.6. The Morgan fingerprint density at radius 1 is 1.00 bits per heavy atom. The van der Waals surface area contributed by atoms with Crippen LogP contribution in [0, 0.1) is 0 Å². The molecule has 0 fully saturated rings. The van der Waals surface area contributed by atoms with Crippen LogP contribution in [0.1, 0.15) is 33.6 Å². The maximum atomic E-state index is 4.99. The lowest BCUT2D eigenvalue weighted by Crippen LogP contribution is -2.43. The van der Waals surface area contributed by atoms with Crippen LogP contribution in [0.5, 0.6) is 0 Å². The quantitative estimate of drug-likeness (QED) is 0.503. The van der Waals surface area contributed by atoms with Gasteiger partial charge in [-0.25, -0.2) is 0 Å². The molecule has 3 nitrogen and oxygen atoms in total. The zero-order valence-electron chi connectivity index (χ0n) is 13.0. The van der Waals surface area contributed by atoms with Gasteiger partial charge in [0.15, 0.2) is 0 Å². The van der Waals surface area contributed by atoms with Gasteiger partial charge in [-0.2, -0.15) is 0 Å². The molecule has 0 spiro atoms. The Morgan fingerprint density at radius 3 is 1.76 bits per heavy atom. The summed E-state index contributed by atoms with van der Waals surface area (Å²) in [7, 11) is 0.699. The van der Waals surface area contributed by atoms with E-state index in [1.165, 1.54) is 19.4 Å². The molecular formula is C12H33NO2Si2. The van der Waals surface area contributed by atoms with Crippen LogP contribution < -0.4 is 0 Å². The molecule has 0 heterocycles. The molecule has 0 saturated carbocycles. The highest BCUT2D eigenvalue weighted by Crippen LogP contribution is 2.06. The average molecular weight is 280 g/mol. The van der Waals surface area contributed by atoms with E-state index in [9.17, 15) is 0 Å². The van der Waals surface area contributed by atoms with Gasteiger partial charge in [0.1, 0.15) is 8.24 Å². The highest BCUT2D eigenvalue weighted by atomic mass is 28.3. The van der Waals surface area contributed by atoms with Crippen LogP contribution in [0.4, 0.5) is 0 Å². The molecule has 0 aromatic carbocycles. The Morgan fingerprint density at radius 2 is 1.47 bits per heavy atom. The summed E-state index contributed by atoms with van der Waals surface area (Å²) in [5.41, 5.74) is 0. The van der Waals surface area contributed by atoms with Crippen LogP contribution in [0.15, 0.2) is 0 Å². The van der Waals surface area contributed by atoms with E-state index in [1.807, 2.05) is 13.8 Å². The largest absolute Gasteiger partial charge is 0.399 e. The standard InChI is InChI=1S/C8H21NSi.C4H12O2Si/c1-6-7-8-9(2)10(3,4)5;1-3-5-7-6-4-2/h6-8H2,1-5H3;3-4,7H2,1-2H3. The molecule has 0 aromatic heterocycles. The predicted molar refractivity (Wildman–Crippen MR) is 82.7 cm³/mol. The van der Waals surface area contributed by atoms with Crippen LogP contribution >= 0.6 is 0 Å². The normalized spacial score (nSPS) is 11.3. The molecule has 0 aliphatic carbocycles. The van der Waals surface area contributed by atoms with E-state index in [-0.39, 0.29) is 0 Å². The van der Waals surface area contributed by atoms with Gasteiger partial charge in [-0.1, -0.05) is 33.0 Å².